The number of rotatable bonds is 2. The van der Waals surface area contributed by atoms with Crippen molar-refractivity contribution < 1.29 is 9.59 Å². The van der Waals surface area contributed by atoms with Gasteiger partial charge in [-0.05, 0) is 29.6 Å². The van der Waals surface area contributed by atoms with Crippen LogP contribution in [0.4, 0.5) is 0 Å². The zero-order chi connectivity index (χ0) is 13.0. The molecule has 0 bridgehead atoms. The zero-order valence-corrected chi connectivity index (χ0v) is 11.5. The second kappa shape index (κ2) is 5.79. The van der Waals surface area contributed by atoms with E-state index in [0.29, 0.717) is 10.4 Å². The Balaban J connectivity index is 1.95. The van der Waals surface area contributed by atoms with Crippen molar-refractivity contribution in [2.45, 2.75) is 0 Å². The molecule has 0 aliphatic rings. The standard InChI is InChI=1S/C12H9BrN2O2S/c13-9-4-1-3-8(7-9)11(16)14-15-12(17)10-5-2-6-18-10/h1-7H,(H,14,16)(H,15,17). The molecule has 18 heavy (non-hydrogen) atoms. The normalized spacial score (nSPS) is 9.83. The van der Waals surface area contributed by atoms with Gasteiger partial charge < -0.3 is 0 Å². The van der Waals surface area contributed by atoms with Gasteiger partial charge in [-0.15, -0.1) is 11.3 Å². The fourth-order valence-corrected chi connectivity index (χ4v) is 2.30. The molecule has 92 valence electrons. The van der Waals surface area contributed by atoms with Crippen molar-refractivity contribution in [2.75, 3.05) is 0 Å². The van der Waals surface area contributed by atoms with Gasteiger partial charge in [-0.25, -0.2) is 0 Å². The summed E-state index contributed by atoms with van der Waals surface area (Å²) in [7, 11) is 0. The molecule has 0 saturated heterocycles. The minimum absolute atomic E-state index is 0.326. The zero-order valence-electron chi connectivity index (χ0n) is 9.14. The van der Waals surface area contributed by atoms with E-state index in [1.54, 1.807) is 35.7 Å². The largest absolute Gasteiger partial charge is 0.279 e. The molecule has 0 unspecified atom stereocenters. The predicted octanol–water partition coefficient (Wildman–Crippen LogP) is 2.59. The minimum atomic E-state index is -0.360. The Bertz CT molecular complexity index is 569. The Kier molecular flexibility index (Phi) is 4.11. The highest BCUT2D eigenvalue weighted by Gasteiger charge is 2.09. The summed E-state index contributed by atoms with van der Waals surface area (Å²) in [6.07, 6.45) is 0. The molecule has 2 N–H and O–H groups in total. The summed E-state index contributed by atoms with van der Waals surface area (Å²) >= 11 is 4.59. The van der Waals surface area contributed by atoms with E-state index in [2.05, 4.69) is 26.8 Å². The first-order chi connectivity index (χ1) is 8.66. The topological polar surface area (TPSA) is 58.2 Å². The van der Waals surface area contributed by atoms with Gasteiger partial charge in [-0.1, -0.05) is 28.1 Å². The van der Waals surface area contributed by atoms with Crippen LogP contribution in [-0.4, -0.2) is 11.8 Å². The number of amides is 2. The van der Waals surface area contributed by atoms with Crippen LogP contribution in [0.3, 0.4) is 0 Å². The number of benzene rings is 1. The lowest BCUT2D eigenvalue weighted by Gasteiger charge is -2.06. The lowest BCUT2D eigenvalue weighted by atomic mass is 10.2. The molecule has 1 heterocycles. The minimum Gasteiger partial charge on any atom is -0.267 e. The van der Waals surface area contributed by atoms with Crippen molar-refractivity contribution in [1.29, 1.82) is 0 Å². The third kappa shape index (κ3) is 3.18. The van der Waals surface area contributed by atoms with E-state index in [-0.39, 0.29) is 11.8 Å². The van der Waals surface area contributed by atoms with Gasteiger partial charge in [-0.2, -0.15) is 0 Å². The van der Waals surface area contributed by atoms with Gasteiger partial charge in [-0.3, -0.25) is 20.4 Å². The lowest BCUT2D eigenvalue weighted by Crippen LogP contribution is -2.41. The van der Waals surface area contributed by atoms with Crippen LogP contribution in [0.2, 0.25) is 0 Å². The van der Waals surface area contributed by atoms with Crippen LogP contribution >= 0.6 is 27.3 Å². The number of carbonyl (C=O) groups excluding carboxylic acids is 2. The quantitative estimate of drug-likeness (QED) is 0.834. The average molecular weight is 325 g/mol. The summed E-state index contributed by atoms with van der Waals surface area (Å²) in [5.41, 5.74) is 5.19. The first-order valence-electron chi connectivity index (χ1n) is 5.06. The highest BCUT2D eigenvalue weighted by atomic mass is 79.9. The molecule has 2 aromatic rings. The van der Waals surface area contributed by atoms with E-state index < -0.39 is 0 Å². The number of halogens is 1. The van der Waals surface area contributed by atoms with E-state index in [1.807, 2.05) is 6.07 Å². The molecule has 0 aliphatic carbocycles. The number of thiophene rings is 1. The van der Waals surface area contributed by atoms with Crippen molar-refractivity contribution in [3.63, 3.8) is 0 Å². The Labute approximate surface area is 116 Å². The van der Waals surface area contributed by atoms with Gasteiger partial charge >= 0.3 is 0 Å². The highest BCUT2D eigenvalue weighted by Crippen LogP contribution is 2.11. The van der Waals surface area contributed by atoms with Crippen molar-refractivity contribution >= 4 is 39.1 Å². The van der Waals surface area contributed by atoms with Crippen molar-refractivity contribution in [1.82, 2.24) is 10.9 Å². The number of hydrogen-bond acceptors (Lipinski definition) is 3. The summed E-state index contributed by atoms with van der Waals surface area (Å²) in [6, 6.07) is 10.4. The predicted molar refractivity (Wildman–Crippen MR) is 73.4 cm³/mol. The Morgan fingerprint density at radius 2 is 1.83 bits per heavy atom. The molecule has 0 saturated carbocycles. The van der Waals surface area contributed by atoms with Crippen molar-refractivity contribution in [2.24, 2.45) is 0 Å². The van der Waals surface area contributed by atoms with E-state index in [9.17, 15) is 9.59 Å². The number of hydrazine groups is 1. The first-order valence-corrected chi connectivity index (χ1v) is 6.74. The smallest absolute Gasteiger partial charge is 0.267 e. The highest BCUT2D eigenvalue weighted by molar-refractivity contribution is 9.10. The molecule has 2 rings (SSSR count). The number of nitrogens with one attached hydrogen (secondary N) is 2. The van der Waals surface area contributed by atoms with Gasteiger partial charge in [0.05, 0.1) is 4.88 Å². The van der Waals surface area contributed by atoms with E-state index in [1.165, 1.54) is 11.3 Å². The number of hydrogen-bond donors (Lipinski definition) is 2. The van der Waals surface area contributed by atoms with Gasteiger partial charge in [0, 0.05) is 10.0 Å². The van der Waals surface area contributed by atoms with Crippen molar-refractivity contribution in [3.8, 4) is 0 Å². The van der Waals surface area contributed by atoms with E-state index >= 15 is 0 Å². The first kappa shape index (κ1) is 12.8. The monoisotopic (exact) mass is 324 g/mol. The molecule has 0 fully saturated rings. The summed E-state index contributed by atoms with van der Waals surface area (Å²) in [5.74, 6) is -0.686. The van der Waals surface area contributed by atoms with Crippen LogP contribution in [0.5, 0.6) is 0 Å². The van der Waals surface area contributed by atoms with Crippen LogP contribution < -0.4 is 10.9 Å². The van der Waals surface area contributed by atoms with Crippen LogP contribution in [0, 0.1) is 0 Å². The maximum Gasteiger partial charge on any atom is 0.279 e. The summed E-state index contributed by atoms with van der Waals surface area (Å²) in [5, 5.41) is 1.80. The number of carbonyl (C=O) groups is 2. The Morgan fingerprint density at radius 3 is 2.50 bits per heavy atom. The Morgan fingerprint density at radius 1 is 1.06 bits per heavy atom. The second-order valence-electron chi connectivity index (χ2n) is 3.40. The molecule has 1 aromatic heterocycles. The average Bonchev–Trinajstić information content (AvgIpc) is 2.89. The van der Waals surface area contributed by atoms with Gasteiger partial charge in [0.25, 0.3) is 11.8 Å². The summed E-state index contributed by atoms with van der Waals surface area (Å²) in [6.45, 7) is 0. The molecule has 2 amide bonds. The summed E-state index contributed by atoms with van der Waals surface area (Å²) < 4.78 is 0.805. The molecule has 0 radical (unpaired) electrons. The van der Waals surface area contributed by atoms with Crippen LogP contribution in [0.25, 0.3) is 0 Å². The molecular formula is C12H9BrN2O2S. The van der Waals surface area contributed by atoms with E-state index in [4.69, 9.17) is 0 Å². The fraction of sp³-hybridized carbons (Fsp3) is 0. The molecule has 0 atom stereocenters. The van der Waals surface area contributed by atoms with Crippen LogP contribution in [-0.2, 0) is 0 Å². The molecule has 0 aliphatic heterocycles. The summed E-state index contributed by atoms with van der Waals surface area (Å²) in [4.78, 5) is 23.9. The molecule has 6 heteroatoms. The third-order valence-corrected chi connectivity index (χ3v) is 3.48. The maximum atomic E-state index is 11.7. The van der Waals surface area contributed by atoms with Gasteiger partial charge in [0.2, 0.25) is 0 Å². The van der Waals surface area contributed by atoms with Crippen LogP contribution in [0.1, 0.15) is 20.0 Å². The fourth-order valence-electron chi connectivity index (χ4n) is 1.28. The van der Waals surface area contributed by atoms with Gasteiger partial charge in [0.15, 0.2) is 0 Å². The lowest BCUT2D eigenvalue weighted by molar-refractivity contribution is 0.0849. The molecular weight excluding hydrogens is 316 g/mol. The second-order valence-corrected chi connectivity index (χ2v) is 5.26. The van der Waals surface area contributed by atoms with Crippen molar-refractivity contribution in [3.05, 3.63) is 56.7 Å². The Hall–Kier alpha value is -1.66. The SMILES string of the molecule is O=C(NNC(=O)c1cccs1)c1cccc(Br)c1. The van der Waals surface area contributed by atoms with Gasteiger partial charge in [0.1, 0.15) is 0 Å². The maximum absolute atomic E-state index is 11.7. The van der Waals surface area contributed by atoms with E-state index in [0.717, 1.165) is 4.47 Å². The molecule has 1 aromatic carbocycles. The molecule has 0 spiro atoms. The van der Waals surface area contributed by atoms with Crippen LogP contribution in [0.15, 0.2) is 46.3 Å². The third-order valence-electron chi connectivity index (χ3n) is 2.12. The molecule has 4 nitrogen and oxygen atoms in total.